The summed E-state index contributed by atoms with van der Waals surface area (Å²) in [6.45, 7) is 5.01. The zero-order valence-electron chi connectivity index (χ0n) is 12.8. The highest BCUT2D eigenvalue weighted by Crippen LogP contribution is 2.28. The monoisotopic (exact) mass is 286 g/mol. The average Bonchev–Trinajstić information content (AvgIpc) is 2.46. The molecule has 0 bridgehead atoms. The molecular weight excluding hydrogens is 264 g/mol. The molecule has 0 aliphatic heterocycles. The molecule has 4 heteroatoms. The lowest BCUT2D eigenvalue weighted by Crippen LogP contribution is -2.15. The Bertz CT molecular complexity index is 579. The molecule has 112 valence electrons. The van der Waals surface area contributed by atoms with Gasteiger partial charge in [-0.2, -0.15) is 0 Å². The third-order valence-electron chi connectivity index (χ3n) is 3.26. The lowest BCUT2D eigenvalue weighted by molar-refractivity contribution is 0.145. The Hall–Kier alpha value is -1.91. The molecule has 0 aliphatic carbocycles. The summed E-state index contributed by atoms with van der Waals surface area (Å²) in [6.07, 6.45) is 0. The lowest BCUT2D eigenvalue weighted by atomic mass is 9.98. The molecule has 0 fully saturated rings. The SMILES string of the molecule is COCCOc1ccccc1C(N)c1cc(C)nc(C)c1. The summed E-state index contributed by atoms with van der Waals surface area (Å²) in [7, 11) is 1.66. The Kier molecular flexibility index (Phi) is 5.31. The highest BCUT2D eigenvalue weighted by atomic mass is 16.5. The predicted molar refractivity (Wildman–Crippen MR) is 83.6 cm³/mol. The number of nitrogens with two attached hydrogens (primary N) is 1. The quantitative estimate of drug-likeness (QED) is 0.830. The maximum absolute atomic E-state index is 6.42. The molecule has 1 aromatic heterocycles. The number of pyridine rings is 1. The molecule has 1 unspecified atom stereocenters. The number of ether oxygens (including phenoxy) is 2. The Morgan fingerprint density at radius 2 is 1.76 bits per heavy atom. The van der Waals surface area contributed by atoms with Crippen LogP contribution in [0.1, 0.15) is 28.6 Å². The van der Waals surface area contributed by atoms with E-state index < -0.39 is 0 Å². The molecule has 2 N–H and O–H groups in total. The minimum atomic E-state index is -0.232. The molecule has 0 aliphatic rings. The van der Waals surface area contributed by atoms with E-state index >= 15 is 0 Å². The van der Waals surface area contributed by atoms with Crippen molar-refractivity contribution < 1.29 is 9.47 Å². The van der Waals surface area contributed by atoms with E-state index in [1.165, 1.54) is 0 Å². The molecular formula is C17H22N2O2. The first-order chi connectivity index (χ1) is 10.1. The van der Waals surface area contributed by atoms with Gasteiger partial charge in [0.25, 0.3) is 0 Å². The van der Waals surface area contributed by atoms with Gasteiger partial charge >= 0.3 is 0 Å². The lowest BCUT2D eigenvalue weighted by Gasteiger charge is -2.18. The first-order valence-corrected chi connectivity index (χ1v) is 7.03. The molecule has 0 saturated carbocycles. The number of nitrogens with zero attached hydrogens (tertiary/aromatic N) is 1. The largest absolute Gasteiger partial charge is 0.491 e. The van der Waals surface area contributed by atoms with Crippen molar-refractivity contribution in [2.45, 2.75) is 19.9 Å². The second-order valence-corrected chi connectivity index (χ2v) is 5.04. The Morgan fingerprint density at radius 1 is 1.10 bits per heavy atom. The third-order valence-corrected chi connectivity index (χ3v) is 3.26. The number of benzene rings is 1. The zero-order chi connectivity index (χ0) is 15.2. The van der Waals surface area contributed by atoms with E-state index in [0.717, 1.165) is 28.3 Å². The summed E-state index contributed by atoms with van der Waals surface area (Å²) in [5.41, 5.74) is 10.4. The predicted octanol–water partition coefficient (Wildman–Crippen LogP) is 2.77. The molecule has 0 amide bonds. The molecule has 1 aromatic carbocycles. The van der Waals surface area contributed by atoms with Crippen LogP contribution in [0, 0.1) is 13.8 Å². The second-order valence-electron chi connectivity index (χ2n) is 5.04. The molecule has 2 aromatic rings. The van der Waals surface area contributed by atoms with E-state index in [2.05, 4.69) is 4.98 Å². The van der Waals surface area contributed by atoms with Crippen molar-refractivity contribution >= 4 is 0 Å². The second kappa shape index (κ2) is 7.20. The van der Waals surface area contributed by atoms with Crippen LogP contribution < -0.4 is 10.5 Å². The van der Waals surface area contributed by atoms with Gasteiger partial charge in [-0.25, -0.2) is 0 Å². The number of hydrogen-bond acceptors (Lipinski definition) is 4. The average molecular weight is 286 g/mol. The van der Waals surface area contributed by atoms with Crippen molar-refractivity contribution in [3.05, 3.63) is 58.9 Å². The molecule has 0 saturated heterocycles. The van der Waals surface area contributed by atoms with E-state index in [4.69, 9.17) is 15.2 Å². The molecule has 0 spiro atoms. The Morgan fingerprint density at radius 3 is 2.43 bits per heavy atom. The van der Waals surface area contributed by atoms with Crippen LogP contribution >= 0.6 is 0 Å². The standard InChI is InChI=1S/C17H22N2O2/c1-12-10-14(11-13(2)19-12)17(18)15-6-4-5-7-16(15)21-9-8-20-3/h4-7,10-11,17H,8-9,18H2,1-3H3. The van der Waals surface area contributed by atoms with Crippen molar-refractivity contribution in [3.8, 4) is 5.75 Å². The summed E-state index contributed by atoms with van der Waals surface area (Å²) >= 11 is 0. The van der Waals surface area contributed by atoms with Gasteiger partial charge in [0, 0.05) is 24.1 Å². The zero-order valence-corrected chi connectivity index (χ0v) is 12.8. The topological polar surface area (TPSA) is 57.4 Å². The van der Waals surface area contributed by atoms with Gasteiger partial charge in [0.1, 0.15) is 12.4 Å². The number of methoxy groups -OCH3 is 1. The van der Waals surface area contributed by atoms with Crippen LogP contribution in [0.4, 0.5) is 0 Å². The highest BCUT2D eigenvalue weighted by molar-refractivity contribution is 5.41. The molecule has 1 atom stereocenters. The maximum Gasteiger partial charge on any atom is 0.124 e. The van der Waals surface area contributed by atoms with E-state index in [1.54, 1.807) is 7.11 Å². The van der Waals surface area contributed by atoms with Gasteiger partial charge in [-0.15, -0.1) is 0 Å². The fraction of sp³-hybridized carbons (Fsp3) is 0.353. The van der Waals surface area contributed by atoms with Crippen molar-refractivity contribution in [2.75, 3.05) is 20.3 Å². The van der Waals surface area contributed by atoms with E-state index in [0.29, 0.717) is 13.2 Å². The highest BCUT2D eigenvalue weighted by Gasteiger charge is 2.15. The van der Waals surface area contributed by atoms with Crippen LogP contribution in [0.5, 0.6) is 5.75 Å². The van der Waals surface area contributed by atoms with Crippen molar-refractivity contribution in [1.29, 1.82) is 0 Å². The fourth-order valence-electron chi connectivity index (χ4n) is 2.33. The van der Waals surface area contributed by atoms with Gasteiger partial charge in [-0.05, 0) is 37.6 Å². The van der Waals surface area contributed by atoms with Gasteiger partial charge in [-0.3, -0.25) is 4.98 Å². The van der Waals surface area contributed by atoms with Gasteiger partial charge < -0.3 is 15.2 Å². The summed E-state index contributed by atoms with van der Waals surface area (Å²) in [4.78, 5) is 4.39. The number of aryl methyl sites for hydroxylation is 2. The minimum Gasteiger partial charge on any atom is -0.491 e. The summed E-state index contributed by atoms with van der Waals surface area (Å²) < 4.78 is 10.8. The maximum atomic E-state index is 6.42. The van der Waals surface area contributed by atoms with Crippen LogP contribution in [0.3, 0.4) is 0 Å². The fourth-order valence-corrected chi connectivity index (χ4v) is 2.33. The van der Waals surface area contributed by atoms with Gasteiger partial charge in [0.05, 0.1) is 12.6 Å². The number of rotatable bonds is 6. The molecule has 4 nitrogen and oxygen atoms in total. The van der Waals surface area contributed by atoms with Crippen LogP contribution in [0.2, 0.25) is 0 Å². The van der Waals surface area contributed by atoms with Crippen molar-refractivity contribution in [2.24, 2.45) is 5.73 Å². The number of para-hydroxylation sites is 1. The van der Waals surface area contributed by atoms with Gasteiger partial charge in [0.15, 0.2) is 0 Å². The summed E-state index contributed by atoms with van der Waals surface area (Å²) in [6, 6.07) is 11.7. The van der Waals surface area contributed by atoms with Crippen LogP contribution in [-0.4, -0.2) is 25.3 Å². The third kappa shape index (κ3) is 4.03. The van der Waals surface area contributed by atoms with E-state index in [-0.39, 0.29) is 6.04 Å². The minimum absolute atomic E-state index is 0.232. The summed E-state index contributed by atoms with van der Waals surface area (Å²) in [5, 5.41) is 0. The first kappa shape index (κ1) is 15.5. The van der Waals surface area contributed by atoms with Gasteiger partial charge in [0.2, 0.25) is 0 Å². The molecule has 1 heterocycles. The number of hydrogen-bond donors (Lipinski definition) is 1. The molecule has 0 radical (unpaired) electrons. The van der Waals surface area contributed by atoms with Crippen LogP contribution in [0.15, 0.2) is 36.4 Å². The Balaban J connectivity index is 2.27. The Labute approximate surface area is 125 Å². The molecule has 21 heavy (non-hydrogen) atoms. The van der Waals surface area contributed by atoms with Crippen LogP contribution in [0.25, 0.3) is 0 Å². The van der Waals surface area contributed by atoms with Crippen LogP contribution in [-0.2, 0) is 4.74 Å². The van der Waals surface area contributed by atoms with E-state index in [1.807, 2.05) is 50.2 Å². The normalized spacial score (nSPS) is 12.2. The van der Waals surface area contributed by atoms with E-state index in [9.17, 15) is 0 Å². The smallest absolute Gasteiger partial charge is 0.124 e. The van der Waals surface area contributed by atoms with Crippen molar-refractivity contribution in [3.63, 3.8) is 0 Å². The number of aromatic nitrogens is 1. The van der Waals surface area contributed by atoms with Crippen molar-refractivity contribution in [1.82, 2.24) is 4.98 Å². The van der Waals surface area contributed by atoms with Gasteiger partial charge in [-0.1, -0.05) is 18.2 Å². The molecule has 2 rings (SSSR count). The summed E-state index contributed by atoms with van der Waals surface area (Å²) in [5.74, 6) is 0.800. The first-order valence-electron chi connectivity index (χ1n) is 7.03.